The van der Waals surface area contributed by atoms with Crippen LogP contribution in [0.15, 0.2) is 42.5 Å². The Hall–Kier alpha value is -1.71. The summed E-state index contributed by atoms with van der Waals surface area (Å²) in [6, 6.07) is 13.1. The highest BCUT2D eigenvalue weighted by Crippen LogP contribution is 2.29. The number of rotatable bonds is 5. The van der Waals surface area contributed by atoms with Crippen LogP contribution in [-0.2, 0) is 6.42 Å². The minimum Gasteiger partial charge on any atom is -0.497 e. The van der Waals surface area contributed by atoms with E-state index >= 15 is 0 Å². The molecule has 3 nitrogen and oxygen atoms in total. The number of nitrogens with two attached hydrogens (primary N) is 1. The number of benzene rings is 2. The number of hydrogen-bond donors (Lipinski definition) is 1. The van der Waals surface area contributed by atoms with Crippen molar-refractivity contribution >= 4 is 11.6 Å². The van der Waals surface area contributed by atoms with Crippen LogP contribution in [0.25, 0.3) is 0 Å². The van der Waals surface area contributed by atoms with Crippen molar-refractivity contribution in [2.75, 3.05) is 7.11 Å². The van der Waals surface area contributed by atoms with Crippen LogP contribution in [0.4, 0.5) is 0 Å². The molecule has 0 amide bonds. The van der Waals surface area contributed by atoms with E-state index < -0.39 is 0 Å². The smallest absolute Gasteiger partial charge is 0.130 e. The molecule has 1 unspecified atom stereocenters. The maximum atomic E-state index is 6.03. The Morgan fingerprint density at radius 2 is 1.75 bits per heavy atom. The molecule has 0 bridgehead atoms. The van der Waals surface area contributed by atoms with E-state index in [4.69, 9.17) is 26.8 Å². The third-order valence-electron chi connectivity index (χ3n) is 2.85. The fraction of sp³-hybridized carbons (Fsp3) is 0.250. The molecule has 20 heavy (non-hydrogen) atoms. The van der Waals surface area contributed by atoms with Gasteiger partial charge < -0.3 is 15.2 Å². The first-order chi connectivity index (χ1) is 9.58. The molecule has 2 aromatic carbocycles. The van der Waals surface area contributed by atoms with Crippen molar-refractivity contribution < 1.29 is 9.47 Å². The van der Waals surface area contributed by atoms with E-state index in [9.17, 15) is 0 Å². The molecule has 0 saturated heterocycles. The van der Waals surface area contributed by atoms with Gasteiger partial charge in [-0.25, -0.2) is 0 Å². The number of methoxy groups -OCH3 is 1. The van der Waals surface area contributed by atoms with Crippen molar-refractivity contribution in [3.63, 3.8) is 0 Å². The van der Waals surface area contributed by atoms with Crippen LogP contribution in [0.3, 0.4) is 0 Å². The second-order valence-corrected chi connectivity index (χ2v) is 5.15. The zero-order chi connectivity index (χ0) is 14.5. The third kappa shape index (κ3) is 3.89. The third-order valence-corrected chi connectivity index (χ3v) is 3.09. The molecular weight excluding hydrogens is 274 g/mol. The van der Waals surface area contributed by atoms with Crippen molar-refractivity contribution in [1.29, 1.82) is 0 Å². The molecule has 0 aliphatic carbocycles. The summed E-state index contributed by atoms with van der Waals surface area (Å²) >= 11 is 6.03. The summed E-state index contributed by atoms with van der Waals surface area (Å²) in [4.78, 5) is 0. The molecule has 0 aromatic heterocycles. The molecule has 4 heteroatoms. The monoisotopic (exact) mass is 291 g/mol. The van der Waals surface area contributed by atoms with Gasteiger partial charge in [0.2, 0.25) is 0 Å². The Bertz CT molecular complexity index is 567. The molecule has 0 heterocycles. The average molecular weight is 292 g/mol. The Labute approximate surface area is 124 Å². The Balaban J connectivity index is 2.22. The number of halogens is 1. The summed E-state index contributed by atoms with van der Waals surface area (Å²) in [6.45, 7) is 1.96. The van der Waals surface area contributed by atoms with E-state index in [-0.39, 0.29) is 6.04 Å². The minimum atomic E-state index is 0.0479. The van der Waals surface area contributed by atoms with Gasteiger partial charge in [0.05, 0.1) is 7.11 Å². The summed E-state index contributed by atoms with van der Waals surface area (Å²) < 4.78 is 11.0. The van der Waals surface area contributed by atoms with Crippen molar-refractivity contribution in [3.8, 4) is 17.2 Å². The first-order valence-corrected chi connectivity index (χ1v) is 6.82. The van der Waals surface area contributed by atoms with Gasteiger partial charge in [-0.15, -0.1) is 0 Å². The fourth-order valence-corrected chi connectivity index (χ4v) is 2.12. The SMILES string of the molecule is COc1ccc(Oc2ccc(Cl)cc2CC(C)N)cc1. The molecule has 0 aliphatic heterocycles. The summed E-state index contributed by atoms with van der Waals surface area (Å²) in [6.07, 6.45) is 0.714. The van der Waals surface area contributed by atoms with Gasteiger partial charge in [-0.3, -0.25) is 0 Å². The molecule has 2 N–H and O–H groups in total. The summed E-state index contributed by atoms with van der Waals surface area (Å²) in [5.41, 5.74) is 6.86. The second kappa shape index (κ2) is 6.64. The molecule has 0 spiro atoms. The summed E-state index contributed by atoms with van der Waals surface area (Å²) in [5, 5.41) is 0.683. The molecule has 106 valence electrons. The van der Waals surface area contributed by atoms with Crippen LogP contribution in [0.5, 0.6) is 17.2 Å². The molecule has 0 fully saturated rings. The normalized spacial score (nSPS) is 12.0. The van der Waals surface area contributed by atoms with E-state index in [1.165, 1.54) is 0 Å². The lowest BCUT2D eigenvalue weighted by atomic mass is 10.1. The average Bonchev–Trinajstić information content (AvgIpc) is 2.42. The van der Waals surface area contributed by atoms with Crippen molar-refractivity contribution in [2.45, 2.75) is 19.4 Å². The van der Waals surface area contributed by atoms with Gasteiger partial charge in [-0.1, -0.05) is 11.6 Å². The zero-order valence-corrected chi connectivity index (χ0v) is 12.4. The maximum Gasteiger partial charge on any atom is 0.130 e. The van der Waals surface area contributed by atoms with E-state index in [1.807, 2.05) is 49.4 Å². The lowest BCUT2D eigenvalue weighted by Crippen LogP contribution is -2.18. The lowest BCUT2D eigenvalue weighted by Gasteiger charge is -2.13. The second-order valence-electron chi connectivity index (χ2n) is 4.71. The quantitative estimate of drug-likeness (QED) is 0.904. The van der Waals surface area contributed by atoms with Crippen LogP contribution in [-0.4, -0.2) is 13.2 Å². The molecule has 0 aliphatic rings. The van der Waals surface area contributed by atoms with E-state index in [0.29, 0.717) is 11.4 Å². The van der Waals surface area contributed by atoms with Gasteiger partial charge in [-0.2, -0.15) is 0 Å². The van der Waals surface area contributed by atoms with Crippen LogP contribution < -0.4 is 15.2 Å². The predicted octanol–water partition coefficient (Wildman–Crippen LogP) is 4.03. The van der Waals surface area contributed by atoms with E-state index in [2.05, 4.69) is 0 Å². The van der Waals surface area contributed by atoms with Gasteiger partial charge in [0.15, 0.2) is 0 Å². The molecule has 2 aromatic rings. The van der Waals surface area contributed by atoms with Gasteiger partial charge in [0.25, 0.3) is 0 Å². The molecule has 1 atom stereocenters. The highest BCUT2D eigenvalue weighted by atomic mass is 35.5. The lowest BCUT2D eigenvalue weighted by molar-refractivity contribution is 0.412. The first kappa shape index (κ1) is 14.7. The van der Waals surface area contributed by atoms with Gasteiger partial charge in [0, 0.05) is 11.1 Å². The zero-order valence-electron chi connectivity index (χ0n) is 11.6. The van der Waals surface area contributed by atoms with E-state index in [0.717, 1.165) is 22.8 Å². The van der Waals surface area contributed by atoms with Crippen LogP contribution in [0.1, 0.15) is 12.5 Å². The minimum absolute atomic E-state index is 0.0479. The predicted molar refractivity (Wildman–Crippen MR) is 81.9 cm³/mol. The van der Waals surface area contributed by atoms with Crippen molar-refractivity contribution in [2.24, 2.45) is 5.73 Å². The topological polar surface area (TPSA) is 44.5 Å². The van der Waals surface area contributed by atoms with Gasteiger partial charge in [-0.05, 0) is 61.4 Å². The Morgan fingerprint density at radius 1 is 1.10 bits per heavy atom. The van der Waals surface area contributed by atoms with Crippen molar-refractivity contribution in [1.82, 2.24) is 0 Å². The van der Waals surface area contributed by atoms with Gasteiger partial charge >= 0.3 is 0 Å². The van der Waals surface area contributed by atoms with E-state index in [1.54, 1.807) is 7.11 Å². The number of ether oxygens (including phenoxy) is 2. The summed E-state index contributed by atoms with van der Waals surface area (Å²) in [7, 11) is 1.63. The molecular formula is C16H18ClNO2. The first-order valence-electron chi connectivity index (χ1n) is 6.44. The van der Waals surface area contributed by atoms with Crippen LogP contribution in [0, 0.1) is 0 Å². The largest absolute Gasteiger partial charge is 0.497 e. The van der Waals surface area contributed by atoms with Crippen LogP contribution in [0.2, 0.25) is 5.02 Å². The molecule has 0 radical (unpaired) electrons. The highest BCUT2D eigenvalue weighted by Gasteiger charge is 2.08. The standard InChI is InChI=1S/C16H18ClNO2/c1-11(18)9-12-10-13(17)3-8-16(12)20-15-6-4-14(19-2)5-7-15/h3-8,10-11H,9,18H2,1-2H3. The van der Waals surface area contributed by atoms with Crippen LogP contribution >= 0.6 is 11.6 Å². The number of hydrogen-bond acceptors (Lipinski definition) is 3. The van der Waals surface area contributed by atoms with Crippen molar-refractivity contribution in [3.05, 3.63) is 53.1 Å². The maximum absolute atomic E-state index is 6.03. The molecule has 2 rings (SSSR count). The fourth-order valence-electron chi connectivity index (χ4n) is 1.92. The Morgan fingerprint density at radius 3 is 2.35 bits per heavy atom. The van der Waals surface area contributed by atoms with Gasteiger partial charge in [0.1, 0.15) is 17.2 Å². The summed E-state index contributed by atoms with van der Waals surface area (Å²) in [5.74, 6) is 2.32. The Kier molecular flexibility index (Phi) is 4.88. The molecule has 0 saturated carbocycles. The highest BCUT2D eigenvalue weighted by molar-refractivity contribution is 6.30.